The van der Waals surface area contributed by atoms with Crippen LogP contribution < -0.4 is 0 Å². The molecule has 0 spiro atoms. The highest BCUT2D eigenvalue weighted by molar-refractivity contribution is 6.17. The molecule has 0 amide bonds. The first-order chi connectivity index (χ1) is 4.34. The first-order valence-electron chi connectivity index (χ1n) is 3.39. The highest BCUT2D eigenvalue weighted by Crippen LogP contribution is 2.13. The van der Waals surface area contributed by atoms with Crippen molar-refractivity contribution in [3.05, 3.63) is 0 Å². The molecular formula is C7H12N2. The van der Waals surface area contributed by atoms with Crippen LogP contribution in [-0.4, -0.2) is 18.6 Å². The van der Waals surface area contributed by atoms with Gasteiger partial charge in [0.1, 0.15) is 6.17 Å². The van der Waals surface area contributed by atoms with Gasteiger partial charge < -0.3 is 0 Å². The minimum atomic E-state index is 0.218. The predicted octanol–water partition coefficient (Wildman–Crippen LogP) is 1.51. The third-order valence-corrected chi connectivity index (χ3v) is 1.70. The average Bonchev–Trinajstić information content (AvgIpc) is 2.37. The topological polar surface area (TPSA) is 24.7 Å². The lowest BCUT2D eigenvalue weighted by atomic mass is 10.1. The second kappa shape index (κ2) is 2.76. The summed E-state index contributed by atoms with van der Waals surface area (Å²) in [5.74, 6) is 0.597. The van der Waals surface area contributed by atoms with Gasteiger partial charge in [0.25, 0.3) is 0 Å². The smallest absolute Gasteiger partial charge is 0.142 e. The zero-order valence-electron chi connectivity index (χ0n) is 5.91. The molecule has 0 aromatic rings. The van der Waals surface area contributed by atoms with E-state index in [9.17, 15) is 0 Å². The summed E-state index contributed by atoms with van der Waals surface area (Å²) in [6.45, 7) is 4.33. The molecule has 0 bridgehead atoms. The van der Waals surface area contributed by atoms with Crippen LogP contribution in [0.2, 0.25) is 0 Å². The van der Waals surface area contributed by atoms with Gasteiger partial charge >= 0.3 is 0 Å². The quantitative estimate of drug-likeness (QED) is 0.533. The number of hydrogen-bond donors (Lipinski definition) is 0. The molecule has 0 aliphatic carbocycles. The van der Waals surface area contributed by atoms with Crippen molar-refractivity contribution in [2.45, 2.75) is 26.4 Å². The van der Waals surface area contributed by atoms with Crippen LogP contribution in [-0.2, 0) is 0 Å². The van der Waals surface area contributed by atoms with Gasteiger partial charge in [-0.05, 0) is 12.3 Å². The van der Waals surface area contributed by atoms with Gasteiger partial charge in [0.15, 0.2) is 0 Å². The van der Waals surface area contributed by atoms with Crippen molar-refractivity contribution in [2.75, 3.05) is 0 Å². The Morgan fingerprint density at radius 3 is 2.44 bits per heavy atom. The monoisotopic (exact) mass is 124 g/mol. The molecule has 1 aliphatic heterocycles. The second-order valence-electron chi connectivity index (χ2n) is 2.40. The molecular weight excluding hydrogens is 112 g/mol. The third-order valence-electron chi connectivity index (χ3n) is 1.70. The molecule has 0 N–H and O–H groups in total. The molecule has 1 atom stereocenters. The van der Waals surface area contributed by atoms with Gasteiger partial charge in [0, 0.05) is 12.4 Å². The fraction of sp³-hybridized carbons (Fsp3) is 0.714. The highest BCUT2D eigenvalue weighted by Gasteiger charge is 2.12. The van der Waals surface area contributed by atoms with E-state index in [-0.39, 0.29) is 6.17 Å². The standard InChI is InChI=1S/C7H12N2/c1-3-6(2)7-8-4-5-9-7/h4-7H,3H2,1-2H3. The molecule has 2 nitrogen and oxygen atoms in total. The van der Waals surface area contributed by atoms with E-state index in [0.29, 0.717) is 5.92 Å². The van der Waals surface area contributed by atoms with Crippen LogP contribution in [0, 0.1) is 5.92 Å². The predicted molar refractivity (Wildman–Crippen MR) is 40.2 cm³/mol. The number of nitrogens with zero attached hydrogens (tertiary/aromatic N) is 2. The first kappa shape index (κ1) is 6.46. The Bertz CT molecular complexity index is 126. The fourth-order valence-corrected chi connectivity index (χ4v) is 0.796. The van der Waals surface area contributed by atoms with Gasteiger partial charge in [-0.25, -0.2) is 0 Å². The zero-order chi connectivity index (χ0) is 6.69. The molecule has 1 aliphatic rings. The summed E-state index contributed by atoms with van der Waals surface area (Å²) in [5.41, 5.74) is 0. The normalized spacial score (nSPS) is 21.1. The molecule has 1 rings (SSSR count). The van der Waals surface area contributed by atoms with E-state index in [1.165, 1.54) is 0 Å². The van der Waals surface area contributed by atoms with E-state index in [1.54, 1.807) is 12.4 Å². The van der Waals surface area contributed by atoms with Crippen LogP contribution in [0.3, 0.4) is 0 Å². The minimum Gasteiger partial charge on any atom is -0.265 e. The summed E-state index contributed by atoms with van der Waals surface area (Å²) < 4.78 is 0. The SMILES string of the molecule is CCC(C)C1N=CC=N1. The molecule has 0 saturated heterocycles. The van der Waals surface area contributed by atoms with Crippen LogP contribution >= 0.6 is 0 Å². The number of rotatable bonds is 2. The summed E-state index contributed by atoms with van der Waals surface area (Å²) in [7, 11) is 0. The van der Waals surface area contributed by atoms with E-state index in [1.807, 2.05) is 0 Å². The maximum Gasteiger partial charge on any atom is 0.142 e. The van der Waals surface area contributed by atoms with Gasteiger partial charge in [-0.3, -0.25) is 9.98 Å². The molecule has 0 aromatic carbocycles. The van der Waals surface area contributed by atoms with Crippen molar-refractivity contribution in [1.29, 1.82) is 0 Å². The van der Waals surface area contributed by atoms with Crippen LogP contribution in [0.1, 0.15) is 20.3 Å². The van der Waals surface area contributed by atoms with Crippen molar-refractivity contribution in [1.82, 2.24) is 0 Å². The number of aliphatic imine (C=N–C) groups is 2. The van der Waals surface area contributed by atoms with Crippen LogP contribution in [0.5, 0.6) is 0 Å². The summed E-state index contributed by atoms with van der Waals surface area (Å²) in [5, 5.41) is 0. The molecule has 50 valence electrons. The van der Waals surface area contributed by atoms with Crippen molar-refractivity contribution < 1.29 is 0 Å². The molecule has 0 aromatic heterocycles. The Morgan fingerprint density at radius 2 is 2.00 bits per heavy atom. The molecule has 0 fully saturated rings. The lowest BCUT2D eigenvalue weighted by Crippen LogP contribution is -2.09. The Morgan fingerprint density at radius 1 is 1.44 bits per heavy atom. The number of hydrogen-bond acceptors (Lipinski definition) is 2. The van der Waals surface area contributed by atoms with Gasteiger partial charge in [0.05, 0.1) is 0 Å². The first-order valence-corrected chi connectivity index (χ1v) is 3.39. The molecule has 1 unspecified atom stereocenters. The highest BCUT2D eigenvalue weighted by atomic mass is 15.0. The van der Waals surface area contributed by atoms with Crippen molar-refractivity contribution >= 4 is 12.4 Å². The van der Waals surface area contributed by atoms with E-state index in [0.717, 1.165) is 6.42 Å². The van der Waals surface area contributed by atoms with Gasteiger partial charge in [-0.1, -0.05) is 13.8 Å². The van der Waals surface area contributed by atoms with E-state index >= 15 is 0 Å². The third kappa shape index (κ3) is 1.37. The van der Waals surface area contributed by atoms with E-state index in [4.69, 9.17) is 0 Å². The van der Waals surface area contributed by atoms with Crippen LogP contribution in [0.15, 0.2) is 9.98 Å². The molecule has 1 heterocycles. The maximum atomic E-state index is 4.16. The second-order valence-corrected chi connectivity index (χ2v) is 2.40. The lowest BCUT2D eigenvalue weighted by molar-refractivity contribution is 0.465. The summed E-state index contributed by atoms with van der Waals surface area (Å²) >= 11 is 0. The van der Waals surface area contributed by atoms with Crippen molar-refractivity contribution in [2.24, 2.45) is 15.9 Å². The summed E-state index contributed by atoms with van der Waals surface area (Å²) in [6.07, 6.45) is 4.92. The minimum absolute atomic E-state index is 0.218. The Kier molecular flexibility index (Phi) is 1.98. The Hall–Kier alpha value is -0.660. The summed E-state index contributed by atoms with van der Waals surface area (Å²) in [6, 6.07) is 0. The molecule has 0 radical (unpaired) electrons. The van der Waals surface area contributed by atoms with Crippen molar-refractivity contribution in [3.8, 4) is 0 Å². The average molecular weight is 124 g/mol. The Labute approximate surface area is 55.7 Å². The van der Waals surface area contributed by atoms with Gasteiger partial charge in [0.2, 0.25) is 0 Å². The molecule has 0 saturated carbocycles. The van der Waals surface area contributed by atoms with E-state index in [2.05, 4.69) is 23.8 Å². The largest absolute Gasteiger partial charge is 0.265 e. The van der Waals surface area contributed by atoms with Crippen molar-refractivity contribution in [3.63, 3.8) is 0 Å². The van der Waals surface area contributed by atoms with Crippen LogP contribution in [0.4, 0.5) is 0 Å². The Balaban J connectivity index is 2.43. The lowest BCUT2D eigenvalue weighted by Gasteiger charge is -2.09. The summed E-state index contributed by atoms with van der Waals surface area (Å²) in [4.78, 5) is 8.32. The maximum absolute atomic E-state index is 4.16. The van der Waals surface area contributed by atoms with Gasteiger partial charge in [-0.15, -0.1) is 0 Å². The van der Waals surface area contributed by atoms with Gasteiger partial charge in [-0.2, -0.15) is 0 Å². The van der Waals surface area contributed by atoms with E-state index < -0.39 is 0 Å². The fourth-order valence-electron chi connectivity index (χ4n) is 0.796. The molecule has 2 heteroatoms. The van der Waals surface area contributed by atoms with Crippen LogP contribution in [0.25, 0.3) is 0 Å². The molecule has 9 heavy (non-hydrogen) atoms. The zero-order valence-corrected chi connectivity index (χ0v) is 5.91.